The molecule has 0 aliphatic carbocycles. The van der Waals surface area contributed by atoms with Crippen LogP contribution in [0.5, 0.6) is 0 Å². The minimum Gasteiger partial charge on any atom is -0.388 e. The monoisotopic (exact) mass is 157 g/mol. The molecule has 0 aromatic carbocycles. The minimum atomic E-state index is -2.80. The predicted molar refractivity (Wildman–Crippen MR) is 31.2 cm³/mol. The first-order valence-corrected chi connectivity index (χ1v) is 3.90. The summed E-state index contributed by atoms with van der Waals surface area (Å²) < 4.78 is 21.7. The third-order valence-corrected chi connectivity index (χ3v) is 1.52. The lowest BCUT2D eigenvalue weighted by Gasteiger charge is -2.07. The quantitative estimate of drug-likeness (QED) is 0.365. The number of alkyl halides is 1. The molecule has 4 N–H and O–H groups in total. The molecule has 0 fully saturated rings. The molecule has 0 saturated heterocycles. The molecule has 0 aromatic heterocycles. The molecule has 0 saturated carbocycles. The summed E-state index contributed by atoms with van der Waals surface area (Å²) in [6, 6.07) is 0. The Bertz CT molecular complexity index is 109. The number of rotatable bonds is 3. The van der Waals surface area contributed by atoms with Crippen LogP contribution in [0.4, 0.5) is 4.39 Å². The molecule has 4 nitrogen and oxygen atoms in total. The molecule has 9 heavy (non-hydrogen) atoms. The number of hydrogen-bond donors (Lipinski definition) is 3. The maximum Gasteiger partial charge on any atom is 0.191 e. The van der Waals surface area contributed by atoms with E-state index in [9.17, 15) is 8.96 Å². The van der Waals surface area contributed by atoms with Crippen LogP contribution in [-0.4, -0.2) is 28.6 Å². The van der Waals surface area contributed by atoms with Crippen LogP contribution in [0.25, 0.3) is 0 Å². The molecule has 3 unspecified atom stereocenters. The molecule has 0 aromatic rings. The Morgan fingerprint density at radius 3 is 2.33 bits per heavy atom. The van der Waals surface area contributed by atoms with Crippen LogP contribution in [0.1, 0.15) is 0 Å². The van der Waals surface area contributed by atoms with Crippen LogP contribution in [0.2, 0.25) is 0 Å². The highest BCUT2D eigenvalue weighted by Crippen LogP contribution is 2.15. The molecule has 6 heteroatoms. The van der Waals surface area contributed by atoms with E-state index in [2.05, 4.69) is 5.73 Å². The molecule has 0 bridgehead atoms. The summed E-state index contributed by atoms with van der Waals surface area (Å²) >= 11 is 0. The van der Waals surface area contributed by atoms with Gasteiger partial charge in [-0.3, -0.25) is 10.3 Å². The van der Waals surface area contributed by atoms with Gasteiger partial charge < -0.3 is 10.00 Å². The highest BCUT2D eigenvalue weighted by atomic mass is 31.1. The average molecular weight is 157 g/mol. The highest BCUT2D eigenvalue weighted by molar-refractivity contribution is 7.38. The molecule has 0 aliphatic heterocycles. The predicted octanol–water partition coefficient (Wildman–Crippen LogP) is -0.931. The van der Waals surface area contributed by atoms with E-state index in [1.807, 2.05) is 0 Å². The number of nitrogens with two attached hydrogens (primary N) is 1. The van der Waals surface area contributed by atoms with Crippen LogP contribution in [0.15, 0.2) is 0 Å². The van der Waals surface area contributed by atoms with E-state index in [-0.39, 0.29) is 0 Å². The van der Waals surface area contributed by atoms with Gasteiger partial charge in [0.2, 0.25) is 0 Å². The fourth-order valence-corrected chi connectivity index (χ4v) is 0.874. The summed E-state index contributed by atoms with van der Waals surface area (Å²) in [6.45, 7) is 0. The zero-order valence-corrected chi connectivity index (χ0v) is 5.62. The van der Waals surface area contributed by atoms with Crippen molar-refractivity contribution >= 4 is 8.03 Å². The summed E-state index contributed by atoms with van der Waals surface area (Å²) in [5.74, 6) is 0. The summed E-state index contributed by atoms with van der Waals surface area (Å²) in [5.41, 5.74) is 4.53. The molecule has 0 heterocycles. The van der Waals surface area contributed by atoms with E-state index in [0.717, 1.165) is 0 Å². The lowest BCUT2D eigenvalue weighted by atomic mass is 10.4. The molecule has 0 amide bonds. The molecule has 3 atom stereocenters. The maximum atomic E-state index is 11.7. The summed E-state index contributed by atoms with van der Waals surface area (Å²) in [7, 11) is -2.80. The Balaban J connectivity index is 3.50. The second-order valence-corrected chi connectivity index (χ2v) is 2.81. The maximum absolute atomic E-state index is 11.7. The molecular formula is C3H9FNO3P. The largest absolute Gasteiger partial charge is 0.388 e. The van der Waals surface area contributed by atoms with Crippen molar-refractivity contribution in [3.63, 3.8) is 0 Å². The van der Waals surface area contributed by atoms with Gasteiger partial charge >= 0.3 is 0 Å². The highest BCUT2D eigenvalue weighted by Gasteiger charge is 2.14. The fourth-order valence-electron chi connectivity index (χ4n) is 0.291. The lowest BCUT2D eigenvalue weighted by Crippen LogP contribution is -2.31. The van der Waals surface area contributed by atoms with Gasteiger partial charge in [-0.05, 0) is 0 Å². The van der Waals surface area contributed by atoms with Gasteiger partial charge in [-0.25, -0.2) is 4.39 Å². The molecule has 0 rings (SSSR count). The van der Waals surface area contributed by atoms with Gasteiger partial charge in [-0.1, -0.05) is 0 Å². The van der Waals surface area contributed by atoms with Crippen molar-refractivity contribution in [3.05, 3.63) is 0 Å². The van der Waals surface area contributed by atoms with E-state index < -0.39 is 26.6 Å². The molecule has 0 spiro atoms. The standard InChI is InChI=1S/C3H9FNO3P/c4-3(5)2(6)1-9(7)8/h2-3,6,9H,1,5H2,(H,7,8). The topological polar surface area (TPSA) is 83.5 Å². The first-order valence-electron chi connectivity index (χ1n) is 2.33. The molecular weight excluding hydrogens is 148 g/mol. The Hall–Kier alpha value is 0.0400. The third kappa shape index (κ3) is 4.54. The van der Waals surface area contributed by atoms with Crippen molar-refractivity contribution in [2.75, 3.05) is 6.16 Å². The fraction of sp³-hybridized carbons (Fsp3) is 1.00. The zero-order chi connectivity index (χ0) is 7.44. The van der Waals surface area contributed by atoms with Crippen LogP contribution in [0, 0.1) is 0 Å². The van der Waals surface area contributed by atoms with Crippen LogP contribution < -0.4 is 5.73 Å². The lowest BCUT2D eigenvalue weighted by molar-refractivity contribution is 0.0982. The van der Waals surface area contributed by atoms with E-state index in [1.165, 1.54) is 0 Å². The van der Waals surface area contributed by atoms with Crippen molar-refractivity contribution in [2.45, 2.75) is 12.4 Å². The van der Waals surface area contributed by atoms with Crippen LogP contribution in [0.3, 0.4) is 0 Å². The summed E-state index contributed by atoms with van der Waals surface area (Å²) in [5, 5.41) is 8.46. The zero-order valence-electron chi connectivity index (χ0n) is 4.62. The van der Waals surface area contributed by atoms with Gasteiger partial charge in [0.25, 0.3) is 0 Å². The van der Waals surface area contributed by atoms with E-state index in [0.29, 0.717) is 0 Å². The SMILES string of the molecule is NC(F)C(O)C[PH](=O)O. The van der Waals surface area contributed by atoms with Gasteiger partial charge in [0, 0.05) is 0 Å². The second kappa shape index (κ2) is 3.95. The summed E-state index contributed by atoms with van der Waals surface area (Å²) in [4.78, 5) is 8.14. The molecule has 0 radical (unpaired) electrons. The average Bonchev–Trinajstić information content (AvgIpc) is 1.63. The summed E-state index contributed by atoms with van der Waals surface area (Å²) in [6.07, 6.45) is -3.91. The van der Waals surface area contributed by atoms with Gasteiger partial charge in [0.1, 0.15) is 6.10 Å². The normalized spacial score (nSPS) is 20.9. The Morgan fingerprint density at radius 1 is 1.78 bits per heavy atom. The number of halogens is 1. The number of hydrogen-bond acceptors (Lipinski definition) is 3. The van der Waals surface area contributed by atoms with Gasteiger partial charge in [-0.15, -0.1) is 0 Å². The van der Waals surface area contributed by atoms with E-state index in [1.54, 1.807) is 0 Å². The van der Waals surface area contributed by atoms with Crippen molar-refractivity contribution in [1.82, 2.24) is 0 Å². The third-order valence-electron chi connectivity index (χ3n) is 0.751. The van der Waals surface area contributed by atoms with Crippen molar-refractivity contribution in [2.24, 2.45) is 5.73 Å². The first kappa shape index (κ1) is 9.04. The number of aliphatic hydroxyl groups is 1. The van der Waals surface area contributed by atoms with E-state index >= 15 is 0 Å². The smallest absolute Gasteiger partial charge is 0.191 e. The molecule has 56 valence electrons. The second-order valence-electron chi connectivity index (χ2n) is 1.61. The van der Waals surface area contributed by atoms with Crippen LogP contribution in [-0.2, 0) is 4.57 Å². The Kier molecular flexibility index (Phi) is 3.97. The van der Waals surface area contributed by atoms with Crippen molar-refractivity contribution in [3.8, 4) is 0 Å². The van der Waals surface area contributed by atoms with E-state index in [4.69, 9.17) is 10.00 Å². The van der Waals surface area contributed by atoms with Crippen molar-refractivity contribution in [1.29, 1.82) is 0 Å². The number of aliphatic hydroxyl groups excluding tert-OH is 1. The molecule has 0 aliphatic rings. The van der Waals surface area contributed by atoms with Crippen LogP contribution >= 0.6 is 8.03 Å². The Labute approximate surface area is 52.4 Å². The minimum absolute atomic E-state index is 0.470. The Morgan fingerprint density at radius 2 is 2.22 bits per heavy atom. The van der Waals surface area contributed by atoms with Gasteiger partial charge in [-0.2, -0.15) is 0 Å². The van der Waals surface area contributed by atoms with Crippen molar-refractivity contribution < 1.29 is 19.0 Å². The first-order chi connectivity index (χ1) is 4.04. The van der Waals surface area contributed by atoms with Gasteiger partial charge in [0.15, 0.2) is 14.3 Å². The van der Waals surface area contributed by atoms with Gasteiger partial charge in [0.05, 0.1) is 6.16 Å².